The topological polar surface area (TPSA) is 26.0 Å². The van der Waals surface area contributed by atoms with Crippen LogP contribution in [0.1, 0.15) is 5.76 Å². The second kappa shape index (κ2) is 5.58. The van der Waals surface area contributed by atoms with E-state index in [1.165, 1.54) is 10.8 Å². The average molecular weight is 307 g/mol. The largest absolute Gasteiger partial charge is 0.461 e. The molecular formula is C19H21NOSi. The van der Waals surface area contributed by atoms with Crippen LogP contribution in [0.5, 0.6) is 0 Å². The Balaban J connectivity index is 2.19. The summed E-state index contributed by atoms with van der Waals surface area (Å²) in [5, 5.41) is 1.33. The fraction of sp³-hybridized carbons (Fsp3) is 0.211. The minimum absolute atomic E-state index is 0.939. The third-order valence-corrected chi connectivity index (χ3v) is 5.80. The molecule has 0 saturated carbocycles. The number of furan rings is 1. The van der Waals surface area contributed by atoms with Crippen molar-refractivity contribution in [1.29, 1.82) is 0 Å². The molecule has 3 heteroatoms. The van der Waals surface area contributed by atoms with Crippen molar-refractivity contribution >= 4 is 13.3 Å². The molecule has 3 aromatic rings. The Morgan fingerprint density at radius 2 is 1.68 bits per heavy atom. The molecule has 0 aliphatic rings. The highest BCUT2D eigenvalue weighted by Crippen LogP contribution is 2.26. The van der Waals surface area contributed by atoms with Gasteiger partial charge in [0, 0.05) is 17.3 Å². The lowest BCUT2D eigenvalue weighted by Crippen LogP contribution is -2.39. The van der Waals surface area contributed by atoms with Crippen molar-refractivity contribution in [2.24, 2.45) is 0 Å². The highest BCUT2D eigenvalue weighted by atomic mass is 28.3. The Hall–Kier alpha value is -2.13. The highest BCUT2D eigenvalue weighted by molar-refractivity contribution is 6.89. The summed E-state index contributed by atoms with van der Waals surface area (Å²) in [4.78, 5) is 4.70. The van der Waals surface area contributed by atoms with E-state index in [0.29, 0.717) is 0 Å². The standard InChI is InChI=1S/C19H21NOSi/c1-14-10-11-18(21-14)16-12-17(15-8-6-5-7-9-15)20-13-19(16)22(2,3)4/h5-13H,1-4H3. The van der Waals surface area contributed by atoms with Gasteiger partial charge >= 0.3 is 0 Å². The van der Waals surface area contributed by atoms with E-state index in [4.69, 9.17) is 9.40 Å². The first-order chi connectivity index (χ1) is 10.4. The molecule has 0 bridgehead atoms. The number of rotatable bonds is 3. The van der Waals surface area contributed by atoms with Gasteiger partial charge in [0.2, 0.25) is 0 Å². The fourth-order valence-electron chi connectivity index (χ4n) is 2.60. The monoisotopic (exact) mass is 307 g/mol. The minimum atomic E-state index is -1.50. The van der Waals surface area contributed by atoms with Gasteiger partial charge in [-0.1, -0.05) is 50.0 Å². The van der Waals surface area contributed by atoms with E-state index in [0.717, 1.165) is 22.8 Å². The van der Waals surface area contributed by atoms with Gasteiger partial charge in [0.25, 0.3) is 0 Å². The quantitative estimate of drug-likeness (QED) is 0.646. The zero-order valence-electron chi connectivity index (χ0n) is 13.6. The molecule has 1 aromatic carbocycles. The molecule has 0 radical (unpaired) electrons. The summed E-state index contributed by atoms with van der Waals surface area (Å²) < 4.78 is 5.89. The zero-order valence-corrected chi connectivity index (χ0v) is 14.6. The van der Waals surface area contributed by atoms with Gasteiger partial charge in [0.1, 0.15) is 11.5 Å². The van der Waals surface area contributed by atoms with Crippen molar-refractivity contribution < 1.29 is 4.42 Å². The van der Waals surface area contributed by atoms with Crippen LogP contribution in [0.4, 0.5) is 0 Å². The zero-order chi connectivity index (χ0) is 15.7. The van der Waals surface area contributed by atoms with Crippen molar-refractivity contribution in [2.75, 3.05) is 0 Å². The summed E-state index contributed by atoms with van der Waals surface area (Å²) in [5.41, 5.74) is 3.31. The summed E-state index contributed by atoms with van der Waals surface area (Å²) in [6.45, 7) is 9.00. The lowest BCUT2D eigenvalue weighted by Gasteiger charge is -2.20. The molecule has 0 aliphatic heterocycles. The predicted octanol–water partition coefficient (Wildman–Crippen LogP) is 4.86. The molecule has 0 unspecified atom stereocenters. The van der Waals surface area contributed by atoms with Gasteiger partial charge < -0.3 is 4.42 Å². The van der Waals surface area contributed by atoms with E-state index in [1.54, 1.807) is 0 Å². The molecule has 0 amide bonds. The highest BCUT2D eigenvalue weighted by Gasteiger charge is 2.23. The molecule has 2 nitrogen and oxygen atoms in total. The van der Waals surface area contributed by atoms with Crippen LogP contribution in [0.15, 0.2) is 59.1 Å². The maximum Gasteiger partial charge on any atom is 0.134 e. The first kappa shape index (κ1) is 14.8. The molecule has 0 spiro atoms. The molecule has 0 aliphatic carbocycles. The van der Waals surface area contributed by atoms with Crippen LogP contribution in [0.3, 0.4) is 0 Å². The number of benzene rings is 1. The second-order valence-electron chi connectivity index (χ2n) is 6.64. The van der Waals surface area contributed by atoms with Crippen LogP contribution >= 0.6 is 0 Å². The molecule has 22 heavy (non-hydrogen) atoms. The normalized spacial score (nSPS) is 11.6. The van der Waals surface area contributed by atoms with E-state index >= 15 is 0 Å². The van der Waals surface area contributed by atoms with Gasteiger partial charge in [-0.15, -0.1) is 0 Å². The third-order valence-electron chi connectivity index (χ3n) is 3.79. The van der Waals surface area contributed by atoms with Crippen molar-refractivity contribution in [2.45, 2.75) is 26.6 Å². The van der Waals surface area contributed by atoms with E-state index in [2.05, 4.69) is 43.9 Å². The Morgan fingerprint density at radius 1 is 0.955 bits per heavy atom. The number of hydrogen-bond donors (Lipinski definition) is 0. The molecule has 112 valence electrons. The molecule has 0 N–H and O–H groups in total. The minimum Gasteiger partial charge on any atom is -0.461 e. The Kier molecular flexibility index (Phi) is 3.75. The number of nitrogens with zero attached hydrogens (tertiary/aromatic N) is 1. The molecule has 2 heterocycles. The lowest BCUT2D eigenvalue weighted by atomic mass is 10.1. The molecule has 3 rings (SSSR count). The van der Waals surface area contributed by atoms with E-state index in [-0.39, 0.29) is 0 Å². The van der Waals surface area contributed by atoms with Crippen molar-refractivity contribution in [3.63, 3.8) is 0 Å². The smallest absolute Gasteiger partial charge is 0.134 e. The lowest BCUT2D eigenvalue weighted by molar-refractivity contribution is 0.548. The van der Waals surface area contributed by atoms with Gasteiger partial charge in [0.05, 0.1) is 13.8 Å². The van der Waals surface area contributed by atoms with Gasteiger partial charge in [-0.3, -0.25) is 4.98 Å². The van der Waals surface area contributed by atoms with Gasteiger partial charge in [-0.2, -0.15) is 0 Å². The van der Waals surface area contributed by atoms with Crippen LogP contribution in [0.2, 0.25) is 19.6 Å². The Bertz CT molecular complexity index is 785. The van der Waals surface area contributed by atoms with Crippen molar-refractivity contribution in [1.82, 2.24) is 4.98 Å². The molecule has 0 fully saturated rings. The number of aryl methyl sites for hydroxylation is 1. The maximum absolute atomic E-state index is 5.89. The van der Waals surface area contributed by atoms with Crippen LogP contribution in [0.25, 0.3) is 22.6 Å². The van der Waals surface area contributed by atoms with Crippen LogP contribution in [-0.2, 0) is 0 Å². The summed E-state index contributed by atoms with van der Waals surface area (Å²) in [6.07, 6.45) is 2.04. The summed E-state index contributed by atoms with van der Waals surface area (Å²) in [5.74, 6) is 1.88. The summed E-state index contributed by atoms with van der Waals surface area (Å²) in [7, 11) is -1.50. The summed E-state index contributed by atoms with van der Waals surface area (Å²) >= 11 is 0. The number of aromatic nitrogens is 1. The number of hydrogen-bond acceptors (Lipinski definition) is 2. The van der Waals surface area contributed by atoms with Crippen LogP contribution in [-0.4, -0.2) is 13.1 Å². The van der Waals surface area contributed by atoms with E-state index in [9.17, 15) is 0 Å². The predicted molar refractivity (Wildman–Crippen MR) is 95.1 cm³/mol. The number of pyridine rings is 1. The second-order valence-corrected chi connectivity index (χ2v) is 11.7. The average Bonchev–Trinajstić information content (AvgIpc) is 2.93. The first-order valence-corrected chi connectivity index (χ1v) is 11.1. The van der Waals surface area contributed by atoms with E-state index < -0.39 is 8.07 Å². The van der Waals surface area contributed by atoms with Gasteiger partial charge in [-0.25, -0.2) is 0 Å². The molecule has 0 atom stereocenters. The SMILES string of the molecule is Cc1ccc(-c2cc(-c3ccccc3)ncc2[Si](C)(C)C)o1. The maximum atomic E-state index is 5.89. The van der Waals surface area contributed by atoms with Gasteiger partial charge in [-0.05, 0) is 30.3 Å². The Labute approximate surface area is 132 Å². The molecule has 2 aromatic heterocycles. The fourth-order valence-corrected chi connectivity index (χ4v) is 4.06. The summed E-state index contributed by atoms with van der Waals surface area (Å²) in [6, 6.07) is 16.5. The van der Waals surface area contributed by atoms with Crippen LogP contribution < -0.4 is 5.19 Å². The van der Waals surface area contributed by atoms with E-state index in [1.807, 2.05) is 37.4 Å². The molecular weight excluding hydrogens is 286 g/mol. The molecule has 0 saturated heterocycles. The van der Waals surface area contributed by atoms with Crippen molar-refractivity contribution in [3.8, 4) is 22.6 Å². The van der Waals surface area contributed by atoms with Crippen LogP contribution in [0, 0.1) is 6.92 Å². The third kappa shape index (κ3) is 2.90. The Morgan fingerprint density at radius 3 is 2.27 bits per heavy atom. The van der Waals surface area contributed by atoms with Gasteiger partial charge in [0.15, 0.2) is 0 Å². The van der Waals surface area contributed by atoms with Crippen molar-refractivity contribution in [3.05, 3.63) is 60.5 Å². The first-order valence-electron chi connectivity index (χ1n) is 7.58.